The zero-order chi connectivity index (χ0) is 15.0. The normalized spacial score (nSPS) is 10.9. The standard InChI is InChI=1S/C15H13ClN4O/c16-10-5-2-1-4-9(10)15-19-14-11(17)6-3-7-12(14)20(15)8-13(18)21/h1-7H,8,17H2,(H2,18,21). The average Bonchev–Trinajstić information content (AvgIpc) is 2.79. The monoisotopic (exact) mass is 300 g/mol. The molecule has 0 atom stereocenters. The second-order valence-electron chi connectivity index (χ2n) is 4.68. The third kappa shape index (κ3) is 2.32. The van der Waals surface area contributed by atoms with Crippen molar-refractivity contribution >= 4 is 34.2 Å². The Bertz CT molecular complexity index is 841. The van der Waals surface area contributed by atoms with Gasteiger partial charge >= 0.3 is 0 Å². The Balaban J connectivity index is 2.33. The van der Waals surface area contributed by atoms with Gasteiger partial charge in [-0.3, -0.25) is 4.79 Å². The van der Waals surface area contributed by atoms with Gasteiger partial charge in [-0.1, -0.05) is 29.8 Å². The highest BCUT2D eigenvalue weighted by Gasteiger charge is 2.17. The zero-order valence-corrected chi connectivity index (χ0v) is 11.8. The minimum atomic E-state index is -0.454. The zero-order valence-electron chi connectivity index (χ0n) is 11.1. The molecule has 21 heavy (non-hydrogen) atoms. The molecular weight excluding hydrogens is 288 g/mol. The molecule has 0 aliphatic rings. The van der Waals surface area contributed by atoms with Crippen molar-refractivity contribution in [3.63, 3.8) is 0 Å². The highest BCUT2D eigenvalue weighted by molar-refractivity contribution is 6.33. The number of fused-ring (bicyclic) bond motifs is 1. The van der Waals surface area contributed by atoms with E-state index in [0.717, 1.165) is 11.1 Å². The SMILES string of the molecule is NC(=O)Cn1c(-c2ccccc2Cl)nc2c(N)cccc21. The molecule has 106 valence electrons. The molecule has 3 aromatic rings. The van der Waals surface area contributed by atoms with Crippen LogP contribution in [0.2, 0.25) is 5.02 Å². The van der Waals surface area contributed by atoms with Crippen LogP contribution < -0.4 is 11.5 Å². The predicted octanol–water partition coefficient (Wildman–Crippen LogP) is 2.42. The fourth-order valence-corrected chi connectivity index (χ4v) is 2.55. The molecule has 1 heterocycles. The Morgan fingerprint density at radius 3 is 2.67 bits per heavy atom. The fourth-order valence-electron chi connectivity index (χ4n) is 2.33. The van der Waals surface area contributed by atoms with Crippen molar-refractivity contribution in [2.75, 3.05) is 5.73 Å². The summed E-state index contributed by atoms with van der Waals surface area (Å²) < 4.78 is 1.73. The first-order valence-electron chi connectivity index (χ1n) is 6.36. The summed E-state index contributed by atoms with van der Waals surface area (Å²) in [6.07, 6.45) is 0. The molecule has 5 nitrogen and oxygen atoms in total. The molecule has 0 spiro atoms. The smallest absolute Gasteiger partial charge is 0.237 e. The van der Waals surface area contributed by atoms with Gasteiger partial charge in [0.05, 0.1) is 16.2 Å². The lowest BCUT2D eigenvalue weighted by Crippen LogP contribution is -2.19. The number of hydrogen-bond acceptors (Lipinski definition) is 3. The number of amides is 1. The van der Waals surface area contributed by atoms with Gasteiger partial charge in [0.15, 0.2) is 0 Å². The summed E-state index contributed by atoms with van der Waals surface area (Å²) in [7, 11) is 0. The summed E-state index contributed by atoms with van der Waals surface area (Å²) in [6.45, 7) is 0.0144. The maximum absolute atomic E-state index is 11.4. The highest BCUT2D eigenvalue weighted by atomic mass is 35.5. The Labute approximate surface area is 126 Å². The number of primary amides is 1. The molecular formula is C15H13ClN4O. The molecule has 0 saturated heterocycles. The van der Waals surface area contributed by atoms with Crippen molar-refractivity contribution in [1.29, 1.82) is 0 Å². The van der Waals surface area contributed by atoms with E-state index >= 15 is 0 Å². The molecule has 0 unspecified atom stereocenters. The third-order valence-electron chi connectivity index (χ3n) is 3.24. The van der Waals surface area contributed by atoms with Crippen LogP contribution in [-0.2, 0) is 11.3 Å². The quantitative estimate of drug-likeness (QED) is 0.728. The van der Waals surface area contributed by atoms with E-state index in [0.29, 0.717) is 22.1 Å². The van der Waals surface area contributed by atoms with E-state index in [9.17, 15) is 4.79 Å². The summed E-state index contributed by atoms with van der Waals surface area (Å²) in [6, 6.07) is 12.7. The van der Waals surface area contributed by atoms with E-state index < -0.39 is 5.91 Å². The van der Waals surface area contributed by atoms with E-state index in [2.05, 4.69) is 4.98 Å². The largest absolute Gasteiger partial charge is 0.397 e. The van der Waals surface area contributed by atoms with Crippen LogP contribution in [0.25, 0.3) is 22.4 Å². The molecule has 0 bridgehead atoms. The molecule has 0 fully saturated rings. The number of carbonyl (C=O) groups is 1. The highest BCUT2D eigenvalue weighted by Crippen LogP contribution is 2.31. The second-order valence-corrected chi connectivity index (χ2v) is 5.09. The predicted molar refractivity (Wildman–Crippen MR) is 83.8 cm³/mol. The minimum absolute atomic E-state index is 0.0144. The van der Waals surface area contributed by atoms with E-state index in [-0.39, 0.29) is 6.54 Å². The number of anilines is 1. The summed E-state index contributed by atoms with van der Waals surface area (Å²) in [5, 5.41) is 0.553. The number of benzene rings is 2. The van der Waals surface area contributed by atoms with Crippen LogP contribution in [0.3, 0.4) is 0 Å². The van der Waals surface area contributed by atoms with Gasteiger partial charge < -0.3 is 16.0 Å². The van der Waals surface area contributed by atoms with E-state index in [1.165, 1.54) is 0 Å². The Morgan fingerprint density at radius 2 is 1.95 bits per heavy atom. The van der Waals surface area contributed by atoms with Crippen LogP contribution in [0, 0.1) is 0 Å². The topological polar surface area (TPSA) is 86.9 Å². The maximum atomic E-state index is 11.4. The van der Waals surface area contributed by atoms with Gasteiger partial charge in [-0.2, -0.15) is 0 Å². The number of halogens is 1. The maximum Gasteiger partial charge on any atom is 0.237 e. The van der Waals surface area contributed by atoms with Crippen molar-refractivity contribution in [2.24, 2.45) is 5.73 Å². The van der Waals surface area contributed by atoms with Gasteiger partial charge in [-0.25, -0.2) is 4.98 Å². The van der Waals surface area contributed by atoms with E-state index in [1.807, 2.05) is 30.3 Å². The number of nitrogens with two attached hydrogens (primary N) is 2. The molecule has 3 rings (SSSR count). The lowest BCUT2D eigenvalue weighted by atomic mass is 10.2. The summed E-state index contributed by atoms with van der Waals surface area (Å²) in [5.74, 6) is 0.123. The first-order chi connectivity index (χ1) is 10.1. The molecule has 1 aromatic heterocycles. The molecule has 4 N–H and O–H groups in total. The minimum Gasteiger partial charge on any atom is -0.397 e. The summed E-state index contributed by atoms with van der Waals surface area (Å²) in [5.41, 5.74) is 14.0. The van der Waals surface area contributed by atoms with Crippen molar-refractivity contribution in [3.8, 4) is 11.4 Å². The van der Waals surface area contributed by atoms with E-state index in [4.69, 9.17) is 23.1 Å². The number of nitrogens with zero attached hydrogens (tertiary/aromatic N) is 2. The molecule has 0 radical (unpaired) electrons. The summed E-state index contributed by atoms with van der Waals surface area (Å²) in [4.78, 5) is 15.9. The van der Waals surface area contributed by atoms with Gasteiger partial charge in [0.1, 0.15) is 17.9 Å². The van der Waals surface area contributed by atoms with Crippen LogP contribution in [0.1, 0.15) is 0 Å². The van der Waals surface area contributed by atoms with Gasteiger partial charge in [0.25, 0.3) is 0 Å². The Morgan fingerprint density at radius 1 is 1.19 bits per heavy atom. The van der Waals surface area contributed by atoms with Crippen LogP contribution >= 0.6 is 11.6 Å². The van der Waals surface area contributed by atoms with Crippen LogP contribution in [0.15, 0.2) is 42.5 Å². The lowest BCUT2D eigenvalue weighted by molar-refractivity contribution is -0.118. The van der Waals surface area contributed by atoms with Crippen molar-refractivity contribution in [1.82, 2.24) is 9.55 Å². The van der Waals surface area contributed by atoms with Crippen molar-refractivity contribution in [3.05, 3.63) is 47.5 Å². The van der Waals surface area contributed by atoms with Crippen molar-refractivity contribution in [2.45, 2.75) is 6.54 Å². The van der Waals surface area contributed by atoms with Crippen LogP contribution in [0.5, 0.6) is 0 Å². The number of imidazole rings is 1. The van der Waals surface area contributed by atoms with E-state index in [1.54, 1.807) is 16.7 Å². The molecule has 2 aromatic carbocycles. The average molecular weight is 301 g/mol. The van der Waals surface area contributed by atoms with Crippen molar-refractivity contribution < 1.29 is 4.79 Å². The molecule has 6 heteroatoms. The van der Waals surface area contributed by atoms with Crippen LogP contribution in [-0.4, -0.2) is 15.5 Å². The third-order valence-corrected chi connectivity index (χ3v) is 3.57. The Kier molecular flexibility index (Phi) is 3.27. The molecule has 0 aliphatic carbocycles. The number of para-hydroxylation sites is 1. The first kappa shape index (κ1) is 13.5. The van der Waals surface area contributed by atoms with Gasteiger partial charge in [-0.05, 0) is 24.3 Å². The fraction of sp³-hybridized carbons (Fsp3) is 0.0667. The molecule has 0 saturated carbocycles. The van der Waals surface area contributed by atoms with Gasteiger partial charge in [0, 0.05) is 5.56 Å². The van der Waals surface area contributed by atoms with Gasteiger partial charge in [-0.15, -0.1) is 0 Å². The van der Waals surface area contributed by atoms with Gasteiger partial charge in [0.2, 0.25) is 5.91 Å². The number of aromatic nitrogens is 2. The van der Waals surface area contributed by atoms with Crippen LogP contribution in [0.4, 0.5) is 5.69 Å². The molecule has 0 aliphatic heterocycles. The first-order valence-corrected chi connectivity index (χ1v) is 6.73. The number of rotatable bonds is 3. The lowest BCUT2D eigenvalue weighted by Gasteiger charge is -2.08. The number of carbonyl (C=O) groups excluding carboxylic acids is 1. The second kappa shape index (κ2) is 5.10. The Hall–Kier alpha value is -2.53. The summed E-state index contributed by atoms with van der Waals surface area (Å²) >= 11 is 6.23. The molecule has 1 amide bonds. The number of nitrogen functional groups attached to an aromatic ring is 1. The number of hydrogen-bond donors (Lipinski definition) is 2.